The molecule has 12 aromatic rings. The summed E-state index contributed by atoms with van der Waals surface area (Å²) in [7, 11) is 0. The maximum absolute atomic E-state index is 6.54. The Bertz CT molecular complexity index is 3720. The van der Waals surface area contributed by atoms with Crippen molar-refractivity contribution in [2.45, 2.75) is 51.6 Å². The van der Waals surface area contributed by atoms with Gasteiger partial charge in [0.1, 0.15) is 11.3 Å². The van der Waals surface area contributed by atoms with Crippen molar-refractivity contribution < 1.29 is 4.42 Å². The van der Waals surface area contributed by atoms with E-state index in [0.717, 1.165) is 51.5 Å². The number of furan rings is 1. The molecule has 62 heavy (non-hydrogen) atoms. The molecule has 0 amide bonds. The summed E-state index contributed by atoms with van der Waals surface area (Å²) in [6, 6.07) is 51.6. The van der Waals surface area contributed by atoms with Gasteiger partial charge >= 0.3 is 0 Å². The van der Waals surface area contributed by atoms with E-state index in [0.29, 0.717) is 0 Å². The Balaban J connectivity index is 1.08. The highest BCUT2D eigenvalue weighted by molar-refractivity contribution is 6.13. The molecule has 0 aliphatic carbocycles. The maximum atomic E-state index is 6.54. The summed E-state index contributed by atoms with van der Waals surface area (Å²) in [5, 5.41) is 9.39. The van der Waals surface area contributed by atoms with E-state index in [1.807, 2.05) is 24.7 Å². The van der Waals surface area contributed by atoms with E-state index in [1.54, 1.807) is 6.20 Å². The van der Waals surface area contributed by atoms with Crippen LogP contribution in [0.5, 0.6) is 0 Å². The predicted molar refractivity (Wildman–Crippen MR) is 258 cm³/mol. The Morgan fingerprint density at radius 1 is 0.516 bits per heavy atom. The Kier molecular flexibility index (Phi) is 7.95. The fraction of sp³-hybridized carbons (Fsp3) is 0.143. The molecule has 0 aliphatic heterocycles. The van der Waals surface area contributed by atoms with Crippen LogP contribution in [0.4, 0.5) is 0 Å². The Morgan fingerprint density at radius 3 is 1.71 bits per heavy atom. The number of fused-ring (bicyclic) bond motifs is 12. The molecule has 12 rings (SSSR count). The Hall–Kier alpha value is -7.44. The van der Waals surface area contributed by atoms with E-state index >= 15 is 0 Å². The average molecular weight is 804 g/mol. The van der Waals surface area contributed by atoms with Gasteiger partial charge in [-0.25, -0.2) is 0 Å². The molecule has 1 atom stereocenters. The lowest BCUT2D eigenvalue weighted by Gasteiger charge is -2.36. The summed E-state index contributed by atoms with van der Waals surface area (Å²) in [6.07, 6.45) is 13.8. The van der Waals surface area contributed by atoms with Crippen molar-refractivity contribution in [1.29, 1.82) is 0 Å². The summed E-state index contributed by atoms with van der Waals surface area (Å²) in [5.41, 5.74) is 11.4. The largest absolute Gasteiger partial charge is 0.454 e. The molecule has 0 spiro atoms. The number of para-hydroxylation sites is 4. The Labute approximate surface area is 359 Å². The van der Waals surface area contributed by atoms with Crippen LogP contribution in [0, 0.1) is 0 Å². The number of allylic oxidation sites excluding steroid dienone is 2. The van der Waals surface area contributed by atoms with Crippen LogP contribution in [0.2, 0.25) is 0 Å². The third-order valence-corrected chi connectivity index (χ3v) is 14.0. The van der Waals surface area contributed by atoms with Crippen molar-refractivity contribution >= 4 is 87.4 Å². The third-order valence-electron chi connectivity index (χ3n) is 14.0. The van der Waals surface area contributed by atoms with Crippen LogP contribution in [0.25, 0.3) is 93.0 Å². The number of rotatable bonds is 8. The van der Waals surface area contributed by atoms with Gasteiger partial charge < -0.3 is 18.1 Å². The SMILES string of the molecule is C/C=C\C(C)(c1ccc2c(c1)c1ccccc1n2C(CC)(CC)c1ccc2c(c1)c1ccccc1n2-c1cncc2c1oc1ccncc12)n1c2ccccc2c2ccccc21. The number of pyridine rings is 2. The van der Waals surface area contributed by atoms with Gasteiger partial charge in [-0.1, -0.05) is 111 Å². The fourth-order valence-corrected chi connectivity index (χ4v) is 11.1. The van der Waals surface area contributed by atoms with Crippen LogP contribution in [0.1, 0.15) is 51.7 Å². The average Bonchev–Trinajstić information content (AvgIpc) is 4.07. The minimum atomic E-state index is -0.459. The standard InChI is InChI=1S/C56H45N5O/c1-5-29-55(4,60-48-21-13-9-16-38(48)39-17-10-14-22-49(39)60)36-24-27-51-43(31-36)41-19-11-15-23-50(41)61(51)56(6-2,7-3)37-25-26-47-42(32-37)40-18-8-12-20-46(40)59(47)52-35-58-34-45-44-33-57-30-28-53(44)62-54(45)52/h5,8-35H,6-7H2,1-4H3/b29-5-. The van der Waals surface area contributed by atoms with Gasteiger partial charge in [0.2, 0.25) is 0 Å². The molecule has 6 nitrogen and oxygen atoms in total. The predicted octanol–water partition coefficient (Wildman–Crippen LogP) is 14.6. The van der Waals surface area contributed by atoms with Crippen molar-refractivity contribution in [2.24, 2.45) is 0 Å². The van der Waals surface area contributed by atoms with Crippen LogP contribution in [0.15, 0.2) is 181 Å². The van der Waals surface area contributed by atoms with Gasteiger partial charge in [0.05, 0.1) is 44.7 Å². The van der Waals surface area contributed by atoms with Crippen LogP contribution >= 0.6 is 0 Å². The first-order chi connectivity index (χ1) is 30.5. The molecule has 0 saturated heterocycles. The van der Waals surface area contributed by atoms with Gasteiger partial charge in [-0.3, -0.25) is 9.97 Å². The number of aromatic nitrogens is 5. The topological polar surface area (TPSA) is 53.7 Å². The zero-order valence-corrected chi connectivity index (χ0v) is 35.3. The lowest BCUT2D eigenvalue weighted by atomic mass is 9.83. The van der Waals surface area contributed by atoms with Gasteiger partial charge in [0, 0.05) is 67.3 Å². The number of hydrogen-bond donors (Lipinski definition) is 0. The van der Waals surface area contributed by atoms with Gasteiger partial charge in [-0.15, -0.1) is 0 Å². The van der Waals surface area contributed by atoms with E-state index < -0.39 is 5.54 Å². The maximum Gasteiger partial charge on any atom is 0.162 e. The summed E-state index contributed by atoms with van der Waals surface area (Å²) < 4.78 is 14.1. The van der Waals surface area contributed by atoms with Gasteiger partial charge in [-0.2, -0.15) is 0 Å². The first-order valence-corrected chi connectivity index (χ1v) is 21.8. The van der Waals surface area contributed by atoms with E-state index in [1.165, 1.54) is 65.5 Å². The van der Waals surface area contributed by atoms with Crippen LogP contribution < -0.4 is 0 Å². The first kappa shape index (κ1) is 36.4. The van der Waals surface area contributed by atoms with Crippen molar-refractivity contribution in [3.8, 4) is 5.69 Å². The quantitative estimate of drug-likeness (QED) is 0.144. The van der Waals surface area contributed by atoms with Gasteiger partial charge in [0.15, 0.2) is 5.58 Å². The number of hydrogen-bond acceptors (Lipinski definition) is 3. The van der Waals surface area contributed by atoms with Crippen molar-refractivity contribution in [3.05, 3.63) is 188 Å². The summed E-state index contributed by atoms with van der Waals surface area (Å²) >= 11 is 0. The van der Waals surface area contributed by atoms with Crippen molar-refractivity contribution in [3.63, 3.8) is 0 Å². The molecule has 1 unspecified atom stereocenters. The summed E-state index contributed by atoms with van der Waals surface area (Å²) in [4.78, 5) is 9.12. The van der Waals surface area contributed by atoms with Crippen LogP contribution in [-0.2, 0) is 11.1 Å². The Morgan fingerprint density at radius 2 is 1.03 bits per heavy atom. The fourth-order valence-electron chi connectivity index (χ4n) is 11.1. The van der Waals surface area contributed by atoms with Crippen LogP contribution in [-0.4, -0.2) is 23.7 Å². The lowest BCUT2D eigenvalue weighted by Crippen LogP contribution is -2.33. The summed E-state index contributed by atoms with van der Waals surface area (Å²) in [6.45, 7) is 9.19. The third kappa shape index (κ3) is 4.86. The van der Waals surface area contributed by atoms with Gasteiger partial charge in [0.25, 0.3) is 0 Å². The highest BCUT2D eigenvalue weighted by Crippen LogP contribution is 2.46. The zero-order chi connectivity index (χ0) is 41.7. The molecule has 0 N–H and O–H groups in total. The molecular weight excluding hydrogens is 759 g/mol. The molecule has 0 fully saturated rings. The number of benzene rings is 6. The van der Waals surface area contributed by atoms with E-state index in [2.05, 4.69) is 192 Å². The van der Waals surface area contributed by atoms with E-state index in [-0.39, 0.29) is 5.54 Å². The highest BCUT2D eigenvalue weighted by Gasteiger charge is 2.36. The molecule has 300 valence electrons. The zero-order valence-electron chi connectivity index (χ0n) is 35.3. The molecule has 6 heteroatoms. The molecular formula is C56H45N5O. The molecule has 6 heterocycles. The normalized spacial score (nSPS) is 13.7. The molecule has 6 aromatic heterocycles. The molecule has 0 aliphatic rings. The second-order valence-corrected chi connectivity index (χ2v) is 16.9. The monoisotopic (exact) mass is 803 g/mol. The van der Waals surface area contributed by atoms with Crippen LogP contribution in [0.3, 0.4) is 0 Å². The van der Waals surface area contributed by atoms with E-state index in [4.69, 9.17) is 9.40 Å². The second-order valence-electron chi connectivity index (χ2n) is 16.9. The molecule has 0 saturated carbocycles. The van der Waals surface area contributed by atoms with Gasteiger partial charge in [-0.05, 0) is 92.4 Å². The smallest absolute Gasteiger partial charge is 0.162 e. The minimum absolute atomic E-state index is 0.340. The summed E-state index contributed by atoms with van der Waals surface area (Å²) in [5.74, 6) is 0. The number of nitrogens with zero attached hydrogens (tertiary/aromatic N) is 5. The molecule has 0 bridgehead atoms. The second kappa shape index (κ2) is 13.5. The first-order valence-electron chi connectivity index (χ1n) is 21.8. The molecule has 0 radical (unpaired) electrons. The minimum Gasteiger partial charge on any atom is -0.454 e. The highest BCUT2D eigenvalue weighted by atomic mass is 16.3. The lowest BCUT2D eigenvalue weighted by molar-refractivity contribution is 0.349. The van der Waals surface area contributed by atoms with E-state index in [9.17, 15) is 0 Å². The van der Waals surface area contributed by atoms with Crippen molar-refractivity contribution in [1.82, 2.24) is 23.7 Å². The molecule has 6 aromatic carbocycles. The van der Waals surface area contributed by atoms with Crippen molar-refractivity contribution in [2.75, 3.05) is 0 Å².